The lowest BCUT2D eigenvalue weighted by molar-refractivity contribution is -0.122. The lowest BCUT2D eigenvalue weighted by Gasteiger charge is -2.33. The van der Waals surface area contributed by atoms with Crippen LogP contribution < -0.4 is 0 Å². The molecule has 2 rings (SSSR count). The normalized spacial score (nSPS) is 25.9. The highest BCUT2D eigenvalue weighted by Crippen LogP contribution is 2.36. The van der Waals surface area contributed by atoms with Gasteiger partial charge in [0.25, 0.3) is 0 Å². The molecule has 1 atom stereocenters. The molecule has 2 aliphatic rings. The lowest BCUT2D eigenvalue weighted by atomic mass is 9.72. The predicted molar refractivity (Wildman–Crippen MR) is 74.4 cm³/mol. The zero-order valence-electron chi connectivity index (χ0n) is 12.4. The molecule has 0 aromatic carbocycles. The summed E-state index contributed by atoms with van der Waals surface area (Å²) >= 11 is 0. The van der Waals surface area contributed by atoms with Crippen molar-refractivity contribution in [3.8, 4) is 0 Å². The first kappa shape index (κ1) is 15.4. The summed E-state index contributed by atoms with van der Waals surface area (Å²) in [6.45, 7) is 8.82. The first-order valence-corrected chi connectivity index (χ1v) is 7.35. The number of Topliss-reactive ketones (excluding diaryl/α,β-unsaturated/α-hetero) is 2. The molecule has 2 aliphatic carbocycles. The van der Waals surface area contributed by atoms with Crippen LogP contribution in [-0.4, -0.2) is 11.6 Å². The molecule has 0 N–H and O–H groups in total. The summed E-state index contributed by atoms with van der Waals surface area (Å²) in [7, 11) is 0. The highest BCUT2D eigenvalue weighted by molar-refractivity contribution is 5.82. The second-order valence-corrected chi connectivity index (χ2v) is 6.94. The Morgan fingerprint density at radius 2 is 1.50 bits per heavy atom. The minimum Gasteiger partial charge on any atom is -0.300 e. The van der Waals surface area contributed by atoms with Gasteiger partial charge in [-0.05, 0) is 37.0 Å². The Labute approximate surface area is 112 Å². The van der Waals surface area contributed by atoms with Gasteiger partial charge >= 0.3 is 0 Å². The summed E-state index contributed by atoms with van der Waals surface area (Å²) in [6.07, 6.45) is 6.95. The Balaban J connectivity index is 0.000000199. The largest absolute Gasteiger partial charge is 0.300 e. The highest BCUT2D eigenvalue weighted by atomic mass is 16.1. The van der Waals surface area contributed by atoms with E-state index in [-0.39, 0.29) is 0 Å². The maximum atomic E-state index is 10.9. The van der Waals surface area contributed by atoms with Crippen LogP contribution in [0, 0.1) is 17.3 Å². The van der Waals surface area contributed by atoms with Crippen molar-refractivity contribution in [1.29, 1.82) is 0 Å². The minimum absolute atomic E-state index is 0.375. The molecule has 0 saturated heterocycles. The zero-order chi connectivity index (χ0) is 13.8. The van der Waals surface area contributed by atoms with Gasteiger partial charge < -0.3 is 0 Å². The van der Waals surface area contributed by atoms with Gasteiger partial charge in [-0.15, -0.1) is 0 Å². The summed E-state index contributed by atoms with van der Waals surface area (Å²) in [6, 6.07) is 0. The molecule has 0 aromatic rings. The smallest absolute Gasteiger partial charge is 0.135 e. The summed E-state index contributed by atoms with van der Waals surface area (Å²) in [5.41, 5.74) is 0.403. The summed E-state index contributed by atoms with van der Waals surface area (Å²) in [4.78, 5) is 21.5. The number of carbonyl (C=O) groups excluding carboxylic acids is 2. The average molecular weight is 252 g/mol. The lowest BCUT2D eigenvalue weighted by Crippen LogP contribution is -2.25. The van der Waals surface area contributed by atoms with Gasteiger partial charge in [0.15, 0.2) is 0 Å². The molecule has 18 heavy (non-hydrogen) atoms. The van der Waals surface area contributed by atoms with Crippen LogP contribution in [0.3, 0.4) is 0 Å². The van der Waals surface area contributed by atoms with E-state index in [1.165, 1.54) is 0 Å². The number of rotatable bonds is 0. The standard InChI is InChI=1S/C10H18O.C6H10O/c1-10(2,3)8-4-6-9(11)7-5-8;1-5-3-2-4-6(5)7/h8H,4-7H2,1-3H3;5H,2-4H2,1H3. The molecule has 0 aliphatic heterocycles. The zero-order valence-corrected chi connectivity index (χ0v) is 12.4. The monoisotopic (exact) mass is 252 g/mol. The Morgan fingerprint density at radius 1 is 0.944 bits per heavy atom. The SMILES string of the molecule is CC(C)(C)C1CCC(=O)CC1.CC1CCCC1=O. The van der Waals surface area contributed by atoms with Crippen LogP contribution in [0.25, 0.3) is 0 Å². The van der Waals surface area contributed by atoms with Gasteiger partial charge in [-0.2, -0.15) is 0 Å². The molecule has 0 heterocycles. The fourth-order valence-electron chi connectivity index (χ4n) is 2.80. The van der Waals surface area contributed by atoms with Crippen molar-refractivity contribution in [1.82, 2.24) is 0 Å². The van der Waals surface area contributed by atoms with Crippen LogP contribution in [0.15, 0.2) is 0 Å². The maximum Gasteiger partial charge on any atom is 0.135 e. The van der Waals surface area contributed by atoms with Crippen LogP contribution in [0.4, 0.5) is 0 Å². The van der Waals surface area contributed by atoms with Crippen molar-refractivity contribution >= 4 is 11.6 Å². The van der Waals surface area contributed by atoms with Crippen molar-refractivity contribution in [2.45, 2.75) is 72.6 Å². The summed E-state index contributed by atoms with van der Waals surface area (Å²) < 4.78 is 0. The quantitative estimate of drug-likeness (QED) is 0.648. The van der Waals surface area contributed by atoms with Crippen molar-refractivity contribution in [3.05, 3.63) is 0 Å². The van der Waals surface area contributed by atoms with Gasteiger partial charge in [-0.25, -0.2) is 0 Å². The van der Waals surface area contributed by atoms with Crippen LogP contribution in [0.5, 0.6) is 0 Å². The number of hydrogen-bond donors (Lipinski definition) is 0. The highest BCUT2D eigenvalue weighted by Gasteiger charge is 2.28. The van der Waals surface area contributed by atoms with Crippen molar-refractivity contribution in [2.75, 3.05) is 0 Å². The molecule has 0 bridgehead atoms. The maximum absolute atomic E-state index is 10.9. The van der Waals surface area contributed by atoms with Gasteiger partial charge in [-0.1, -0.05) is 27.7 Å². The summed E-state index contributed by atoms with van der Waals surface area (Å²) in [5.74, 6) is 2.06. The fourth-order valence-corrected chi connectivity index (χ4v) is 2.80. The van der Waals surface area contributed by atoms with Crippen molar-refractivity contribution < 1.29 is 9.59 Å². The minimum atomic E-state index is 0.375. The number of ketones is 2. The van der Waals surface area contributed by atoms with E-state index in [2.05, 4.69) is 20.8 Å². The van der Waals surface area contributed by atoms with E-state index in [0.29, 0.717) is 22.9 Å². The molecule has 1 unspecified atom stereocenters. The van der Waals surface area contributed by atoms with E-state index >= 15 is 0 Å². The molecule has 2 heteroatoms. The Morgan fingerprint density at radius 3 is 1.78 bits per heavy atom. The van der Waals surface area contributed by atoms with Gasteiger partial charge in [-0.3, -0.25) is 9.59 Å². The second-order valence-electron chi connectivity index (χ2n) is 6.94. The van der Waals surface area contributed by atoms with Crippen molar-refractivity contribution in [3.63, 3.8) is 0 Å². The molecule has 2 saturated carbocycles. The third-order valence-corrected chi connectivity index (χ3v) is 4.38. The molecule has 2 nitrogen and oxygen atoms in total. The van der Waals surface area contributed by atoms with E-state index in [1.54, 1.807) is 0 Å². The number of carbonyl (C=O) groups is 2. The molecule has 104 valence electrons. The van der Waals surface area contributed by atoms with E-state index in [4.69, 9.17) is 0 Å². The van der Waals surface area contributed by atoms with Crippen LogP contribution >= 0.6 is 0 Å². The van der Waals surface area contributed by atoms with Gasteiger partial charge in [0, 0.05) is 25.2 Å². The average Bonchev–Trinajstić information content (AvgIpc) is 2.63. The third kappa shape index (κ3) is 4.91. The van der Waals surface area contributed by atoms with E-state index < -0.39 is 0 Å². The van der Waals surface area contributed by atoms with Crippen LogP contribution in [0.1, 0.15) is 72.6 Å². The Bertz CT molecular complexity index is 289. The molecule has 2 fully saturated rings. The fraction of sp³-hybridized carbons (Fsp3) is 0.875. The second kappa shape index (κ2) is 6.49. The molecule has 0 aromatic heterocycles. The van der Waals surface area contributed by atoms with Gasteiger partial charge in [0.1, 0.15) is 11.6 Å². The summed E-state index contributed by atoms with van der Waals surface area (Å²) in [5, 5.41) is 0. The van der Waals surface area contributed by atoms with E-state index in [1.807, 2.05) is 6.92 Å². The number of hydrogen-bond acceptors (Lipinski definition) is 2. The molecule has 0 spiro atoms. The van der Waals surface area contributed by atoms with E-state index in [0.717, 1.165) is 50.9 Å². The molecular formula is C16H28O2. The van der Waals surface area contributed by atoms with Crippen LogP contribution in [-0.2, 0) is 9.59 Å². The topological polar surface area (TPSA) is 34.1 Å². The van der Waals surface area contributed by atoms with Gasteiger partial charge in [0.05, 0.1) is 0 Å². The molecular weight excluding hydrogens is 224 g/mol. The third-order valence-electron chi connectivity index (χ3n) is 4.38. The molecule has 0 radical (unpaired) electrons. The predicted octanol–water partition coefficient (Wildman–Crippen LogP) is 4.17. The Kier molecular flexibility index (Phi) is 5.55. The first-order chi connectivity index (χ1) is 8.30. The Hall–Kier alpha value is -0.660. The first-order valence-electron chi connectivity index (χ1n) is 7.35. The van der Waals surface area contributed by atoms with Gasteiger partial charge in [0.2, 0.25) is 0 Å². The molecule has 0 amide bonds. The van der Waals surface area contributed by atoms with Crippen molar-refractivity contribution in [2.24, 2.45) is 17.3 Å². The van der Waals surface area contributed by atoms with E-state index in [9.17, 15) is 9.59 Å². The van der Waals surface area contributed by atoms with Crippen LogP contribution in [0.2, 0.25) is 0 Å².